The van der Waals surface area contributed by atoms with E-state index in [-0.39, 0.29) is 18.4 Å². The second-order valence-electron chi connectivity index (χ2n) is 5.77. The normalized spacial score (nSPS) is 23.1. The number of rotatable bonds is 3. The van der Waals surface area contributed by atoms with Gasteiger partial charge in [0.15, 0.2) is 0 Å². The number of aliphatic hydroxyl groups is 1. The van der Waals surface area contributed by atoms with E-state index in [1.54, 1.807) is 0 Å². The van der Waals surface area contributed by atoms with E-state index in [1.807, 2.05) is 26.0 Å². The summed E-state index contributed by atoms with van der Waals surface area (Å²) in [5.74, 6) is 0.621. The van der Waals surface area contributed by atoms with Gasteiger partial charge in [-0.05, 0) is 68.7 Å². The second-order valence-corrected chi connectivity index (χ2v) is 5.77. The van der Waals surface area contributed by atoms with Gasteiger partial charge in [0, 0.05) is 18.2 Å². The maximum Gasteiger partial charge on any atom is 0.227 e. The van der Waals surface area contributed by atoms with Gasteiger partial charge >= 0.3 is 0 Å². The topological polar surface area (TPSA) is 49.3 Å². The molecule has 0 saturated heterocycles. The van der Waals surface area contributed by atoms with E-state index in [9.17, 15) is 4.79 Å². The fourth-order valence-corrected chi connectivity index (χ4v) is 2.90. The smallest absolute Gasteiger partial charge is 0.227 e. The maximum atomic E-state index is 12.2. The van der Waals surface area contributed by atoms with Gasteiger partial charge in [0.25, 0.3) is 0 Å². The summed E-state index contributed by atoms with van der Waals surface area (Å²) < 4.78 is 0. The van der Waals surface area contributed by atoms with Crippen molar-refractivity contribution in [3.05, 3.63) is 29.3 Å². The molecule has 1 aromatic rings. The van der Waals surface area contributed by atoms with E-state index in [0.29, 0.717) is 5.92 Å². The number of benzene rings is 1. The Morgan fingerprint density at radius 3 is 2.26 bits per heavy atom. The van der Waals surface area contributed by atoms with Gasteiger partial charge in [-0.2, -0.15) is 0 Å². The van der Waals surface area contributed by atoms with Crippen LogP contribution in [0.15, 0.2) is 18.2 Å². The average molecular weight is 261 g/mol. The van der Waals surface area contributed by atoms with E-state index in [0.717, 1.165) is 31.4 Å². The summed E-state index contributed by atoms with van der Waals surface area (Å²) in [6.45, 7) is 4.33. The van der Waals surface area contributed by atoms with Gasteiger partial charge < -0.3 is 10.4 Å². The quantitative estimate of drug-likeness (QED) is 0.878. The SMILES string of the molecule is Cc1cc(C)cc(NC(=O)C2CCC(CO)CC2)c1. The van der Waals surface area contributed by atoms with Crippen LogP contribution in [0.4, 0.5) is 5.69 Å². The number of nitrogens with one attached hydrogen (secondary N) is 1. The van der Waals surface area contributed by atoms with Crippen LogP contribution in [-0.2, 0) is 4.79 Å². The molecule has 1 fully saturated rings. The summed E-state index contributed by atoms with van der Waals surface area (Å²) >= 11 is 0. The predicted octanol–water partition coefficient (Wildman–Crippen LogP) is 3.04. The highest BCUT2D eigenvalue weighted by molar-refractivity contribution is 5.92. The minimum Gasteiger partial charge on any atom is -0.396 e. The third-order valence-electron chi connectivity index (χ3n) is 3.96. The zero-order valence-electron chi connectivity index (χ0n) is 11.8. The van der Waals surface area contributed by atoms with Crippen molar-refractivity contribution < 1.29 is 9.90 Å². The number of anilines is 1. The van der Waals surface area contributed by atoms with Crippen molar-refractivity contribution in [2.24, 2.45) is 11.8 Å². The molecule has 19 heavy (non-hydrogen) atoms. The average Bonchev–Trinajstić information content (AvgIpc) is 2.37. The molecule has 2 rings (SSSR count). The summed E-state index contributed by atoms with van der Waals surface area (Å²) in [5.41, 5.74) is 3.23. The summed E-state index contributed by atoms with van der Waals surface area (Å²) in [6.07, 6.45) is 3.70. The van der Waals surface area contributed by atoms with E-state index in [4.69, 9.17) is 5.11 Å². The molecule has 0 bridgehead atoms. The van der Waals surface area contributed by atoms with Crippen molar-refractivity contribution in [1.29, 1.82) is 0 Å². The Hall–Kier alpha value is -1.35. The van der Waals surface area contributed by atoms with Crippen LogP contribution in [0, 0.1) is 25.7 Å². The van der Waals surface area contributed by atoms with Gasteiger partial charge in [0.1, 0.15) is 0 Å². The van der Waals surface area contributed by atoms with Crippen molar-refractivity contribution in [3.8, 4) is 0 Å². The van der Waals surface area contributed by atoms with Crippen LogP contribution in [0.1, 0.15) is 36.8 Å². The van der Waals surface area contributed by atoms with Gasteiger partial charge in [-0.1, -0.05) is 6.07 Å². The van der Waals surface area contributed by atoms with E-state index in [2.05, 4.69) is 11.4 Å². The molecule has 0 atom stereocenters. The first-order valence-corrected chi connectivity index (χ1v) is 7.08. The lowest BCUT2D eigenvalue weighted by molar-refractivity contribution is -0.121. The van der Waals surface area contributed by atoms with Crippen molar-refractivity contribution in [2.45, 2.75) is 39.5 Å². The van der Waals surface area contributed by atoms with Gasteiger partial charge in [-0.15, -0.1) is 0 Å². The first kappa shape index (κ1) is 14.1. The van der Waals surface area contributed by atoms with E-state index < -0.39 is 0 Å². The number of carbonyl (C=O) groups excluding carboxylic acids is 1. The van der Waals surface area contributed by atoms with Crippen LogP contribution in [0.2, 0.25) is 0 Å². The number of carbonyl (C=O) groups is 1. The van der Waals surface area contributed by atoms with Crippen molar-refractivity contribution in [1.82, 2.24) is 0 Å². The number of hydrogen-bond acceptors (Lipinski definition) is 2. The standard InChI is InChI=1S/C16H23NO2/c1-11-7-12(2)9-15(8-11)17-16(19)14-5-3-13(10-18)4-6-14/h7-9,13-14,18H,3-6,10H2,1-2H3,(H,17,19). The van der Waals surface area contributed by atoms with Crippen molar-refractivity contribution in [2.75, 3.05) is 11.9 Å². The van der Waals surface area contributed by atoms with Crippen LogP contribution < -0.4 is 5.32 Å². The Balaban J connectivity index is 1.94. The highest BCUT2D eigenvalue weighted by Crippen LogP contribution is 2.29. The number of aryl methyl sites for hydroxylation is 2. The number of aliphatic hydroxyl groups excluding tert-OH is 1. The molecule has 2 N–H and O–H groups in total. The summed E-state index contributed by atoms with van der Waals surface area (Å²) in [5, 5.41) is 12.1. The van der Waals surface area contributed by atoms with E-state index in [1.165, 1.54) is 11.1 Å². The highest BCUT2D eigenvalue weighted by Gasteiger charge is 2.25. The van der Waals surface area contributed by atoms with Crippen LogP contribution in [-0.4, -0.2) is 17.6 Å². The Morgan fingerprint density at radius 1 is 1.16 bits per heavy atom. The zero-order valence-corrected chi connectivity index (χ0v) is 11.8. The number of hydrogen-bond donors (Lipinski definition) is 2. The molecule has 1 saturated carbocycles. The van der Waals surface area contributed by atoms with Gasteiger partial charge in [-0.3, -0.25) is 4.79 Å². The van der Waals surface area contributed by atoms with Gasteiger partial charge in [0.2, 0.25) is 5.91 Å². The fourth-order valence-electron chi connectivity index (χ4n) is 2.90. The Kier molecular flexibility index (Phi) is 4.59. The summed E-state index contributed by atoms with van der Waals surface area (Å²) in [4.78, 5) is 12.2. The molecule has 3 heteroatoms. The van der Waals surface area contributed by atoms with Crippen molar-refractivity contribution >= 4 is 11.6 Å². The first-order chi connectivity index (χ1) is 9.08. The minimum atomic E-state index is 0.101. The lowest BCUT2D eigenvalue weighted by Gasteiger charge is -2.26. The number of amides is 1. The molecule has 1 aliphatic rings. The molecule has 0 spiro atoms. The molecule has 0 radical (unpaired) electrons. The van der Waals surface area contributed by atoms with Crippen LogP contribution in [0.5, 0.6) is 0 Å². The lowest BCUT2D eigenvalue weighted by Crippen LogP contribution is -2.28. The lowest BCUT2D eigenvalue weighted by atomic mass is 9.82. The molecule has 1 aromatic carbocycles. The monoisotopic (exact) mass is 261 g/mol. The first-order valence-electron chi connectivity index (χ1n) is 7.08. The largest absolute Gasteiger partial charge is 0.396 e. The molecular weight excluding hydrogens is 238 g/mol. The molecule has 0 aromatic heterocycles. The van der Waals surface area contributed by atoms with Crippen molar-refractivity contribution in [3.63, 3.8) is 0 Å². The molecule has 1 aliphatic carbocycles. The van der Waals surface area contributed by atoms with Gasteiger partial charge in [-0.25, -0.2) is 0 Å². The molecule has 0 unspecified atom stereocenters. The molecule has 104 valence electrons. The predicted molar refractivity (Wildman–Crippen MR) is 77.1 cm³/mol. The third kappa shape index (κ3) is 3.80. The fraction of sp³-hybridized carbons (Fsp3) is 0.562. The maximum absolute atomic E-state index is 12.2. The molecular formula is C16H23NO2. The van der Waals surface area contributed by atoms with Crippen LogP contribution in [0.3, 0.4) is 0 Å². The van der Waals surface area contributed by atoms with Crippen LogP contribution in [0.25, 0.3) is 0 Å². The summed E-state index contributed by atoms with van der Waals surface area (Å²) in [7, 11) is 0. The Labute approximate surface area is 115 Å². The van der Waals surface area contributed by atoms with Crippen LogP contribution >= 0.6 is 0 Å². The third-order valence-corrected chi connectivity index (χ3v) is 3.96. The summed E-state index contributed by atoms with van der Waals surface area (Å²) in [6, 6.07) is 6.11. The van der Waals surface area contributed by atoms with E-state index >= 15 is 0 Å². The zero-order chi connectivity index (χ0) is 13.8. The molecule has 0 aliphatic heterocycles. The second kappa shape index (κ2) is 6.20. The minimum absolute atomic E-state index is 0.101. The Morgan fingerprint density at radius 2 is 1.74 bits per heavy atom. The van der Waals surface area contributed by atoms with Gasteiger partial charge in [0.05, 0.1) is 0 Å². The Bertz CT molecular complexity index is 428. The molecule has 3 nitrogen and oxygen atoms in total. The molecule has 0 heterocycles. The highest BCUT2D eigenvalue weighted by atomic mass is 16.3. The molecule has 1 amide bonds.